The van der Waals surface area contributed by atoms with Gasteiger partial charge in [0.15, 0.2) is 0 Å². The molecule has 1 heterocycles. The molecule has 1 saturated heterocycles. The molecule has 1 fully saturated rings. The van der Waals surface area contributed by atoms with Crippen molar-refractivity contribution >= 4 is 56.8 Å². The molecule has 0 amide bonds. The molecule has 1 aromatic carbocycles. The summed E-state index contributed by atoms with van der Waals surface area (Å²) in [6.45, 7) is -0.0488. The molecular weight excluding hydrogens is 333 g/mol. The van der Waals surface area contributed by atoms with Crippen LogP contribution in [0.1, 0.15) is 0 Å². The van der Waals surface area contributed by atoms with Crippen molar-refractivity contribution in [2.75, 3.05) is 18.0 Å². The fourth-order valence-corrected chi connectivity index (χ4v) is 2.38. The molecule has 0 saturated carbocycles. The third-order valence-electron chi connectivity index (χ3n) is 2.22. The Balaban J connectivity index is 2.37. The summed E-state index contributed by atoms with van der Waals surface area (Å²) in [6, 6.07) is 3.39. The van der Waals surface area contributed by atoms with Crippen molar-refractivity contribution in [1.82, 2.24) is 0 Å². The number of carbonyl (C=O) groups is 2. The van der Waals surface area contributed by atoms with Gasteiger partial charge in [-0.2, -0.15) is 0 Å². The molecule has 17 heavy (non-hydrogen) atoms. The van der Waals surface area contributed by atoms with Crippen LogP contribution in [0.15, 0.2) is 16.6 Å². The van der Waals surface area contributed by atoms with Gasteiger partial charge in [0.05, 0.1) is 15.7 Å². The first-order chi connectivity index (χ1) is 7.99. The Morgan fingerprint density at radius 3 is 2.29 bits per heavy atom. The van der Waals surface area contributed by atoms with Gasteiger partial charge in [0, 0.05) is 4.47 Å². The largest absolute Gasteiger partial charge is 0.390 e. The minimum atomic E-state index is -0.601. The Hall–Kier alpha value is -0.780. The molecule has 0 bridgehead atoms. The minimum absolute atomic E-state index is 0.0244. The maximum Gasteiger partial charge on any atom is 0.333 e. The third-order valence-corrected chi connectivity index (χ3v) is 3.98. The predicted molar refractivity (Wildman–Crippen MR) is 67.5 cm³/mol. The summed E-state index contributed by atoms with van der Waals surface area (Å²) in [7, 11) is 0. The van der Waals surface area contributed by atoms with Crippen LogP contribution in [-0.2, 0) is 14.3 Å². The van der Waals surface area contributed by atoms with E-state index in [2.05, 4.69) is 20.7 Å². The van der Waals surface area contributed by atoms with Crippen molar-refractivity contribution < 1.29 is 14.3 Å². The highest BCUT2D eigenvalue weighted by Gasteiger charge is 2.27. The Morgan fingerprint density at radius 2 is 1.71 bits per heavy atom. The van der Waals surface area contributed by atoms with Crippen LogP contribution < -0.4 is 4.90 Å². The molecule has 0 spiro atoms. The van der Waals surface area contributed by atoms with Gasteiger partial charge >= 0.3 is 11.9 Å². The fraction of sp³-hybridized carbons (Fsp3) is 0.200. The zero-order valence-corrected chi connectivity index (χ0v) is 11.5. The molecule has 1 aliphatic heterocycles. The van der Waals surface area contributed by atoms with E-state index >= 15 is 0 Å². The number of hydrogen-bond acceptors (Lipinski definition) is 4. The molecule has 1 aromatic rings. The lowest BCUT2D eigenvalue weighted by Crippen LogP contribution is -2.43. The Bertz CT molecular complexity index is 491. The number of nitrogens with zero attached hydrogens (tertiary/aromatic N) is 1. The normalized spacial score (nSPS) is 16.1. The van der Waals surface area contributed by atoms with Gasteiger partial charge in [-0.15, -0.1) is 0 Å². The molecule has 4 nitrogen and oxygen atoms in total. The SMILES string of the molecule is O=C1CN(c2ccc(Br)c(Cl)c2Cl)CC(=O)O1. The van der Waals surface area contributed by atoms with Crippen LogP contribution >= 0.6 is 39.1 Å². The average Bonchev–Trinajstić information content (AvgIpc) is 2.24. The summed E-state index contributed by atoms with van der Waals surface area (Å²) in [5.74, 6) is -1.20. The molecular formula is C10H6BrCl2NO3. The first-order valence-corrected chi connectivity index (χ1v) is 6.16. The lowest BCUT2D eigenvalue weighted by molar-refractivity contribution is -0.160. The lowest BCUT2D eigenvalue weighted by atomic mass is 10.2. The number of benzene rings is 1. The summed E-state index contributed by atoms with van der Waals surface area (Å²) >= 11 is 15.3. The van der Waals surface area contributed by atoms with Gasteiger partial charge in [-0.05, 0) is 28.1 Å². The molecule has 1 aliphatic rings. The lowest BCUT2D eigenvalue weighted by Gasteiger charge is -2.27. The predicted octanol–water partition coefficient (Wildman–Crippen LogP) is 2.65. The highest BCUT2D eigenvalue weighted by atomic mass is 79.9. The van der Waals surface area contributed by atoms with Crippen LogP contribution in [-0.4, -0.2) is 25.0 Å². The van der Waals surface area contributed by atoms with E-state index in [9.17, 15) is 9.59 Å². The molecule has 7 heteroatoms. The molecule has 0 unspecified atom stereocenters. The third kappa shape index (κ3) is 2.56. The van der Waals surface area contributed by atoms with Gasteiger partial charge in [-0.25, -0.2) is 9.59 Å². The zero-order valence-electron chi connectivity index (χ0n) is 8.37. The Labute approximate surface area is 116 Å². The van der Waals surface area contributed by atoms with Gasteiger partial charge in [0.2, 0.25) is 0 Å². The second-order valence-electron chi connectivity index (χ2n) is 3.40. The average molecular weight is 339 g/mol. The number of carbonyl (C=O) groups excluding carboxylic acids is 2. The quantitative estimate of drug-likeness (QED) is 0.448. The molecule has 0 aromatic heterocycles. The van der Waals surface area contributed by atoms with Crippen molar-refractivity contribution in [3.63, 3.8) is 0 Å². The molecule has 90 valence electrons. The van der Waals surface area contributed by atoms with Crippen LogP contribution in [0.2, 0.25) is 10.0 Å². The van der Waals surface area contributed by atoms with E-state index in [-0.39, 0.29) is 13.1 Å². The zero-order chi connectivity index (χ0) is 12.6. The summed E-state index contributed by atoms with van der Waals surface area (Å²) < 4.78 is 5.08. The summed E-state index contributed by atoms with van der Waals surface area (Å²) in [5, 5.41) is 0.638. The van der Waals surface area contributed by atoms with Gasteiger partial charge < -0.3 is 9.64 Å². The molecule has 0 atom stereocenters. The highest BCUT2D eigenvalue weighted by molar-refractivity contribution is 9.10. The number of hydrogen-bond donors (Lipinski definition) is 0. The van der Waals surface area contributed by atoms with Crippen molar-refractivity contribution in [2.24, 2.45) is 0 Å². The monoisotopic (exact) mass is 337 g/mol. The second-order valence-corrected chi connectivity index (χ2v) is 5.01. The van der Waals surface area contributed by atoms with Gasteiger partial charge in [-0.1, -0.05) is 23.2 Å². The van der Waals surface area contributed by atoms with Gasteiger partial charge in [-0.3, -0.25) is 0 Å². The summed E-state index contributed by atoms with van der Waals surface area (Å²) in [6.07, 6.45) is 0. The topological polar surface area (TPSA) is 46.6 Å². The van der Waals surface area contributed by atoms with E-state index in [0.29, 0.717) is 20.2 Å². The van der Waals surface area contributed by atoms with Gasteiger partial charge in [0.25, 0.3) is 0 Å². The number of halogens is 3. The van der Waals surface area contributed by atoms with Crippen LogP contribution in [0.25, 0.3) is 0 Å². The van der Waals surface area contributed by atoms with E-state index < -0.39 is 11.9 Å². The smallest absolute Gasteiger partial charge is 0.333 e. The fourth-order valence-electron chi connectivity index (χ4n) is 1.49. The first kappa shape index (κ1) is 12.7. The molecule has 2 rings (SSSR count). The Kier molecular flexibility index (Phi) is 3.61. The maximum absolute atomic E-state index is 11.2. The number of anilines is 1. The molecule has 0 radical (unpaired) electrons. The number of esters is 2. The van der Waals surface area contributed by atoms with Gasteiger partial charge in [0.1, 0.15) is 13.1 Å². The van der Waals surface area contributed by atoms with Crippen molar-refractivity contribution in [3.05, 3.63) is 26.7 Å². The Morgan fingerprint density at radius 1 is 1.12 bits per heavy atom. The van der Waals surface area contributed by atoms with E-state index in [0.717, 1.165) is 0 Å². The minimum Gasteiger partial charge on any atom is -0.390 e. The van der Waals surface area contributed by atoms with E-state index in [1.54, 1.807) is 12.1 Å². The number of ether oxygens (including phenoxy) is 1. The second kappa shape index (κ2) is 4.84. The van der Waals surface area contributed by atoms with Crippen LogP contribution in [0, 0.1) is 0 Å². The number of rotatable bonds is 1. The van der Waals surface area contributed by atoms with E-state index in [4.69, 9.17) is 23.2 Å². The number of morpholine rings is 1. The summed E-state index contributed by atoms with van der Waals surface area (Å²) in [4.78, 5) is 23.8. The van der Waals surface area contributed by atoms with Crippen LogP contribution in [0.3, 0.4) is 0 Å². The first-order valence-electron chi connectivity index (χ1n) is 4.61. The molecule has 0 N–H and O–H groups in total. The summed E-state index contributed by atoms with van der Waals surface area (Å²) in [5.41, 5.74) is 0.532. The van der Waals surface area contributed by atoms with Crippen molar-refractivity contribution in [2.45, 2.75) is 0 Å². The highest BCUT2D eigenvalue weighted by Crippen LogP contribution is 2.37. The van der Waals surface area contributed by atoms with Crippen molar-refractivity contribution in [3.8, 4) is 0 Å². The van der Waals surface area contributed by atoms with Crippen LogP contribution in [0.5, 0.6) is 0 Å². The molecule has 0 aliphatic carbocycles. The van der Waals surface area contributed by atoms with Crippen LogP contribution in [0.4, 0.5) is 5.69 Å². The maximum atomic E-state index is 11.2. The van der Waals surface area contributed by atoms with E-state index in [1.165, 1.54) is 4.90 Å². The number of cyclic esters (lactones) is 2. The van der Waals surface area contributed by atoms with E-state index in [1.807, 2.05) is 0 Å². The van der Waals surface area contributed by atoms with Crippen molar-refractivity contribution in [1.29, 1.82) is 0 Å². The standard InChI is InChI=1S/C10H6BrCl2NO3/c11-5-1-2-6(10(13)9(5)12)14-3-7(15)17-8(16)4-14/h1-2H,3-4H2.